The molecule has 0 saturated carbocycles. The Morgan fingerprint density at radius 2 is 2.00 bits per heavy atom. The van der Waals surface area contributed by atoms with Crippen LogP contribution in [0.4, 0.5) is 0 Å². The van der Waals surface area contributed by atoms with Crippen LogP contribution in [0.15, 0.2) is 30.3 Å². The van der Waals surface area contributed by atoms with Crippen molar-refractivity contribution in [1.29, 1.82) is 0 Å². The van der Waals surface area contributed by atoms with Gasteiger partial charge in [0.05, 0.1) is 0 Å². The minimum absolute atomic E-state index is 0.0185. The fourth-order valence-electron chi connectivity index (χ4n) is 0.605. The molecule has 48 valence electrons. The molecular formula is C9H12. The molecule has 0 amide bonds. The normalized spacial score (nSPS) is 25.6. The molecule has 0 aromatic heterocycles. The summed E-state index contributed by atoms with van der Waals surface area (Å²) in [5.41, 5.74) is -0.0185. The van der Waals surface area contributed by atoms with Gasteiger partial charge in [0.2, 0.25) is 0 Å². The first-order valence-corrected chi connectivity index (χ1v) is 2.66. The zero-order valence-corrected chi connectivity index (χ0v) is 4.89. The molecule has 0 bridgehead atoms. The highest BCUT2D eigenvalue weighted by atomic mass is 14.0. The van der Waals surface area contributed by atoms with Crippen LogP contribution in [0.25, 0.3) is 0 Å². The van der Waals surface area contributed by atoms with Crippen molar-refractivity contribution in [3.63, 3.8) is 0 Å². The van der Waals surface area contributed by atoms with E-state index in [4.69, 9.17) is 9.60 Å². The molecule has 0 atom stereocenters. The number of hydrogen-bond donors (Lipinski definition) is 0. The summed E-state index contributed by atoms with van der Waals surface area (Å²) in [7, 11) is 0. The monoisotopic (exact) mass is 127 g/mol. The Balaban J connectivity index is 3.39. The predicted molar refractivity (Wildman–Crippen MR) is 40.5 cm³/mol. The predicted octanol–water partition coefficient (Wildman–Crippen LogP) is 2.81. The molecule has 0 heterocycles. The highest BCUT2D eigenvalue weighted by Gasteiger charge is 1.93. The lowest BCUT2D eigenvalue weighted by Crippen LogP contribution is -1.83. The Morgan fingerprint density at radius 3 is 2.56 bits per heavy atom. The molecule has 1 aromatic carbocycles. The molecule has 9 heavy (non-hydrogen) atoms. The Bertz CT molecular complexity index is 334. The van der Waals surface area contributed by atoms with Crippen molar-refractivity contribution in [2.24, 2.45) is 0 Å². The van der Waals surface area contributed by atoms with E-state index in [1.165, 1.54) is 24.3 Å². The molecule has 1 aromatic rings. The smallest absolute Gasteiger partial charge is 0.0347 e. The molecule has 0 radical (unpaired) electrons. The summed E-state index contributed by atoms with van der Waals surface area (Å²) in [4.78, 5) is 0. The van der Waals surface area contributed by atoms with Crippen molar-refractivity contribution in [2.45, 2.75) is 19.6 Å². The van der Waals surface area contributed by atoms with Gasteiger partial charge in [-0.1, -0.05) is 44.0 Å². The average molecular weight is 127 g/mol. The lowest BCUT2D eigenvalue weighted by atomic mass is 10.0. The summed E-state index contributed by atoms with van der Waals surface area (Å²) in [6.45, 7) is -5.81. The summed E-state index contributed by atoms with van der Waals surface area (Å²) in [6.07, 6.45) is 0. The quantitative estimate of drug-likeness (QED) is 0.544. The summed E-state index contributed by atoms with van der Waals surface area (Å²) in [5.74, 6) is -2.58. The van der Waals surface area contributed by atoms with Crippen LogP contribution in [-0.4, -0.2) is 0 Å². The summed E-state index contributed by atoms with van der Waals surface area (Å²) >= 11 is 0. The van der Waals surface area contributed by atoms with Crippen LogP contribution in [-0.2, 0) is 0 Å². The number of benzene rings is 1. The average Bonchev–Trinajstić information content (AvgIpc) is 2.14. The van der Waals surface area contributed by atoms with Gasteiger partial charge in [0.25, 0.3) is 0 Å². The van der Waals surface area contributed by atoms with Crippen LogP contribution < -0.4 is 0 Å². The van der Waals surface area contributed by atoms with E-state index in [0.29, 0.717) is 0 Å². The van der Waals surface area contributed by atoms with Crippen molar-refractivity contribution in [3.8, 4) is 0 Å². The second kappa shape index (κ2) is 2.67. The molecule has 0 aliphatic rings. The van der Waals surface area contributed by atoms with Gasteiger partial charge in [-0.3, -0.25) is 0 Å². The number of rotatable bonds is 1. The highest BCUT2D eigenvalue weighted by molar-refractivity contribution is 5.17. The summed E-state index contributed by atoms with van der Waals surface area (Å²) in [5, 5.41) is 0. The minimum Gasteiger partial charge on any atom is -0.0622 e. The van der Waals surface area contributed by atoms with Gasteiger partial charge in [0.1, 0.15) is 0 Å². The maximum absolute atomic E-state index is 7.84. The van der Waals surface area contributed by atoms with Gasteiger partial charge < -0.3 is 0 Å². The van der Waals surface area contributed by atoms with Crippen molar-refractivity contribution >= 4 is 0 Å². The van der Waals surface area contributed by atoms with E-state index in [9.17, 15) is 0 Å². The van der Waals surface area contributed by atoms with Crippen LogP contribution in [0.5, 0.6) is 0 Å². The second-order valence-electron chi connectivity index (χ2n) is 1.74. The largest absolute Gasteiger partial charge is 0.0622 e. The molecule has 1 rings (SSSR count). The maximum Gasteiger partial charge on any atom is 0.0347 e. The Kier molecular flexibility index (Phi) is 0.550. The molecule has 0 N–H and O–H groups in total. The third-order valence-electron chi connectivity index (χ3n) is 1.06. The standard InChI is InChI=1S/C9H12/c1-8(2)9-6-4-3-5-7-9/h3-8H,1-2H3/i1D3,2D3,8D. The van der Waals surface area contributed by atoms with Gasteiger partial charge in [0, 0.05) is 9.60 Å². The Labute approximate surface area is 66.4 Å². The topological polar surface area (TPSA) is 0 Å². The zero-order valence-electron chi connectivity index (χ0n) is 11.9. The molecule has 0 aliphatic heterocycles. The minimum atomic E-state index is -2.90. The first-order valence-electron chi connectivity index (χ1n) is 6.16. The van der Waals surface area contributed by atoms with Gasteiger partial charge in [-0.2, -0.15) is 0 Å². The highest BCUT2D eigenvalue weighted by Crippen LogP contribution is 2.11. The van der Waals surface area contributed by atoms with Gasteiger partial charge in [-0.05, 0) is 11.5 Å². The molecule has 0 fully saturated rings. The van der Waals surface area contributed by atoms with E-state index in [0.717, 1.165) is 0 Å². The second-order valence-corrected chi connectivity index (χ2v) is 1.74. The van der Waals surface area contributed by atoms with E-state index >= 15 is 0 Å². The molecule has 0 nitrogen and oxygen atoms in total. The van der Waals surface area contributed by atoms with Gasteiger partial charge in [-0.25, -0.2) is 0 Å². The van der Waals surface area contributed by atoms with Gasteiger partial charge in [-0.15, -0.1) is 0 Å². The van der Waals surface area contributed by atoms with Crippen LogP contribution in [0.1, 0.15) is 34.8 Å². The van der Waals surface area contributed by atoms with Crippen molar-refractivity contribution in [3.05, 3.63) is 35.9 Å². The molecule has 0 saturated heterocycles. The molecule has 0 unspecified atom stereocenters. The fraction of sp³-hybridized carbons (Fsp3) is 0.333. The van der Waals surface area contributed by atoms with Gasteiger partial charge in [0.15, 0.2) is 0 Å². The first kappa shape index (κ1) is 1.85. The Morgan fingerprint density at radius 1 is 1.33 bits per heavy atom. The number of hydrogen-bond acceptors (Lipinski definition) is 0. The first-order chi connectivity index (χ1) is 7.11. The Hall–Kier alpha value is -0.780. The van der Waals surface area contributed by atoms with Crippen molar-refractivity contribution < 1.29 is 9.60 Å². The van der Waals surface area contributed by atoms with Crippen LogP contribution in [0.2, 0.25) is 0 Å². The van der Waals surface area contributed by atoms with Crippen LogP contribution in [0.3, 0.4) is 0 Å². The molecular weight excluding hydrogens is 108 g/mol. The van der Waals surface area contributed by atoms with Crippen LogP contribution >= 0.6 is 0 Å². The molecule has 0 aliphatic carbocycles. The van der Waals surface area contributed by atoms with Crippen LogP contribution in [0, 0.1) is 0 Å². The maximum atomic E-state index is 7.84. The van der Waals surface area contributed by atoms with Crippen molar-refractivity contribution in [1.82, 2.24) is 0 Å². The zero-order chi connectivity index (χ0) is 12.6. The van der Waals surface area contributed by atoms with E-state index in [-0.39, 0.29) is 5.56 Å². The SMILES string of the molecule is [2H]C([2H])([2H])C([2H])(c1ccccc1)C([2H])([2H])[2H]. The van der Waals surface area contributed by atoms with E-state index in [2.05, 4.69) is 0 Å². The fourth-order valence-corrected chi connectivity index (χ4v) is 0.605. The van der Waals surface area contributed by atoms with E-state index < -0.39 is 19.6 Å². The summed E-state index contributed by atoms with van der Waals surface area (Å²) in [6, 6.07) is 7.40. The van der Waals surface area contributed by atoms with E-state index in [1.54, 1.807) is 6.07 Å². The third-order valence-corrected chi connectivity index (χ3v) is 1.06. The van der Waals surface area contributed by atoms with Gasteiger partial charge >= 0.3 is 0 Å². The lowest BCUT2D eigenvalue weighted by molar-refractivity contribution is 0.867. The van der Waals surface area contributed by atoms with Crippen molar-refractivity contribution in [2.75, 3.05) is 0 Å². The molecule has 0 heteroatoms. The van der Waals surface area contributed by atoms with E-state index in [1.807, 2.05) is 0 Å². The summed E-state index contributed by atoms with van der Waals surface area (Å²) < 4.78 is 51.4. The lowest BCUT2D eigenvalue weighted by Gasteiger charge is -2.01. The third kappa shape index (κ3) is 1.56. The molecule has 0 spiro atoms.